The Morgan fingerprint density at radius 1 is 1.00 bits per heavy atom. The molecular weight excluding hydrogens is 216 g/mol. The summed E-state index contributed by atoms with van der Waals surface area (Å²) in [7, 11) is 0. The highest BCUT2D eigenvalue weighted by atomic mass is 16.5. The predicted molar refractivity (Wildman–Crippen MR) is 70.3 cm³/mol. The zero-order chi connectivity index (χ0) is 12.9. The van der Waals surface area contributed by atoms with Crippen LogP contribution >= 0.6 is 0 Å². The maximum Gasteiger partial charge on any atom is 0.332 e. The van der Waals surface area contributed by atoms with Crippen molar-refractivity contribution in [1.82, 2.24) is 0 Å². The second-order valence-corrected chi connectivity index (χ2v) is 4.55. The number of rotatable bonds is 12. The van der Waals surface area contributed by atoms with Gasteiger partial charge in [-0.2, -0.15) is 0 Å². The number of carboxylic acids is 1. The van der Waals surface area contributed by atoms with E-state index in [1.165, 1.54) is 38.5 Å². The van der Waals surface area contributed by atoms with Gasteiger partial charge in [-0.3, -0.25) is 0 Å². The number of ether oxygens (including phenoxy) is 1. The Kier molecular flexibility index (Phi) is 11.5. The summed E-state index contributed by atoms with van der Waals surface area (Å²) in [6.07, 6.45) is 9.94. The average Bonchev–Trinajstić information content (AvgIpc) is 2.31. The number of carbonyl (C=O) groups is 1. The lowest BCUT2D eigenvalue weighted by atomic mass is 10.1. The molecule has 3 heteroatoms. The summed E-state index contributed by atoms with van der Waals surface area (Å²) >= 11 is 0. The zero-order valence-corrected chi connectivity index (χ0v) is 11.4. The maximum atomic E-state index is 10.8. The molecule has 0 aromatic heterocycles. The highest BCUT2D eigenvalue weighted by Gasteiger charge is 2.16. The van der Waals surface area contributed by atoms with Crippen molar-refractivity contribution in [2.24, 2.45) is 0 Å². The van der Waals surface area contributed by atoms with E-state index in [1.54, 1.807) is 0 Å². The number of hydrogen-bond acceptors (Lipinski definition) is 2. The molecule has 0 fully saturated rings. The van der Waals surface area contributed by atoms with Gasteiger partial charge in [0.2, 0.25) is 0 Å². The Morgan fingerprint density at radius 2 is 1.53 bits per heavy atom. The predicted octanol–water partition coefficient (Wildman–Crippen LogP) is 4.01. The largest absolute Gasteiger partial charge is 0.479 e. The van der Waals surface area contributed by atoms with Gasteiger partial charge in [-0.1, -0.05) is 58.3 Å². The second kappa shape index (κ2) is 11.9. The summed E-state index contributed by atoms with van der Waals surface area (Å²) in [4.78, 5) is 10.8. The van der Waals surface area contributed by atoms with Crippen LogP contribution in [0.2, 0.25) is 0 Å². The van der Waals surface area contributed by atoms with Crippen molar-refractivity contribution in [3.8, 4) is 0 Å². The summed E-state index contributed by atoms with van der Waals surface area (Å²) in [5.41, 5.74) is 0. The van der Waals surface area contributed by atoms with E-state index in [9.17, 15) is 4.79 Å². The number of aliphatic carboxylic acids is 1. The van der Waals surface area contributed by atoms with Gasteiger partial charge in [-0.25, -0.2) is 4.79 Å². The summed E-state index contributed by atoms with van der Waals surface area (Å²) in [6.45, 7) is 4.54. The van der Waals surface area contributed by atoms with Gasteiger partial charge >= 0.3 is 5.97 Å². The van der Waals surface area contributed by atoms with Crippen LogP contribution < -0.4 is 0 Å². The Hall–Kier alpha value is -0.570. The van der Waals surface area contributed by atoms with E-state index in [0.717, 1.165) is 12.8 Å². The molecule has 0 aromatic rings. The molecule has 0 aliphatic rings. The molecule has 0 aliphatic heterocycles. The van der Waals surface area contributed by atoms with Gasteiger partial charge in [-0.15, -0.1) is 0 Å². The molecular formula is C14H28O3. The van der Waals surface area contributed by atoms with E-state index in [1.807, 2.05) is 6.92 Å². The Balaban J connectivity index is 3.33. The van der Waals surface area contributed by atoms with Crippen molar-refractivity contribution < 1.29 is 14.6 Å². The fourth-order valence-corrected chi connectivity index (χ4v) is 1.94. The summed E-state index contributed by atoms with van der Waals surface area (Å²) in [5, 5.41) is 8.88. The second-order valence-electron chi connectivity index (χ2n) is 4.55. The van der Waals surface area contributed by atoms with Gasteiger partial charge in [0.15, 0.2) is 6.10 Å². The van der Waals surface area contributed by atoms with Crippen LogP contribution in [0.25, 0.3) is 0 Å². The molecule has 0 spiro atoms. The topological polar surface area (TPSA) is 46.5 Å². The third kappa shape index (κ3) is 10.3. The third-order valence-corrected chi connectivity index (χ3v) is 2.96. The molecule has 0 radical (unpaired) electrons. The van der Waals surface area contributed by atoms with Gasteiger partial charge in [-0.05, 0) is 13.3 Å². The molecule has 3 nitrogen and oxygen atoms in total. The Labute approximate surface area is 106 Å². The minimum Gasteiger partial charge on any atom is -0.479 e. The Morgan fingerprint density at radius 3 is 2.00 bits per heavy atom. The number of carboxylic acid groups (broad SMARTS) is 1. The molecule has 0 saturated heterocycles. The minimum absolute atomic E-state index is 0.480. The zero-order valence-electron chi connectivity index (χ0n) is 11.4. The molecule has 1 unspecified atom stereocenters. The van der Waals surface area contributed by atoms with Crippen LogP contribution in [0.1, 0.15) is 71.6 Å². The molecule has 102 valence electrons. The van der Waals surface area contributed by atoms with Gasteiger partial charge in [0.25, 0.3) is 0 Å². The smallest absolute Gasteiger partial charge is 0.332 e. The van der Waals surface area contributed by atoms with E-state index in [0.29, 0.717) is 13.0 Å². The van der Waals surface area contributed by atoms with Crippen molar-refractivity contribution in [1.29, 1.82) is 0 Å². The first-order chi connectivity index (χ1) is 8.22. The summed E-state index contributed by atoms with van der Waals surface area (Å²) in [5.74, 6) is -0.824. The molecule has 0 bridgehead atoms. The molecule has 0 rings (SSSR count). The van der Waals surface area contributed by atoms with E-state index >= 15 is 0 Å². The van der Waals surface area contributed by atoms with Crippen LogP contribution in [-0.4, -0.2) is 23.8 Å². The van der Waals surface area contributed by atoms with Crippen molar-refractivity contribution in [2.45, 2.75) is 77.7 Å². The Bertz CT molecular complexity index is 180. The standard InChI is InChI=1S/C14H28O3/c1-3-5-6-7-8-9-10-11-12-13(14(15)16)17-4-2/h13H,3-12H2,1-2H3,(H,15,16). The van der Waals surface area contributed by atoms with Crippen LogP contribution in [0.4, 0.5) is 0 Å². The van der Waals surface area contributed by atoms with E-state index in [4.69, 9.17) is 9.84 Å². The van der Waals surface area contributed by atoms with E-state index in [2.05, 4.69) is 6.92 Å². The van der Waals surface area contributed by atoms with Crippen molar-refractivity contribution >= 4 is 5.97 Å². The average molecular weight is 244 g/mol. The van der Waals surface area contributed by atoms with Gasteiger partial charge in [0.05, 0.1) is 0 Å². The molecule has 0 saturated carbocycles. The first-order valence-electron chi connectivity index (χ1n) is 7.06. The minimum atomic E-state index is -0.824. The van der Waals surface area contributed by atoms with Crippen molar-refractivity contribution in [3.63, 3.8) is 0 Å². The molecule has 0 aromatic carbocycles. The number of hydrogen-bond donors (Lipinski definition) is 1. The van der Waals surface area contributed by atoms with Gasteiger partial charge < -0.3 is 9.84 Å². The SMILES string of the molecule is CCCCCCCCCCC(OCC)C(=O)O. The van der Waals surface area contributed by atoms with Crippen LogP contribution in [0.5, 0.6) is 0 Å². The highest BCUT2D eigenvalue weighted by molar-refractivity contribution is 5.72. The van der Waals surface area contributed by atoms with Crippen LogP contribution in [-0.2, 0) is 9.53 Å². The number of unbranched alkanes of at least 4 members (excludes halogenated alkanes) is 7. The lowest BCUT2D eigenvalue weighted by Gasteiger charge is -2.11. The van der Waals surface area contributed by atoms with Crippen LogP contribution in [0.15, 0.2) is 0 Å². The lowest BCUT2D eigenvalue weighted by Crippen LogP contribution is -2.23. The van der Waals surface area contributed by atoms with E-state index < -0.39 is 12.1 Å². The normalized spacial score (nSPS) is 12.6. The maximum absolute atomic E-state index is 10.8. The van der Waals surface area contributed by atoms with Gasteiger partial charge in [0.1, 0.15) is 0 Å². The van der Waals surface area contributed by atoms with Gasteiger partial charge in [0, 0.05) is 6.61 Å². The van der Waals surface area contributed by atoms with Crippen molar-refractivity contribution in [2.75, 3.05) is 6.61 Å². The van der Waals surface area contributed by atoms with Crippen LogP contribution in [0, 0.1) is 0 Å². The quantitative estimate of drug-likeness (QED) is 0.528. The monoisotopic (exact) mass is 244 g/mol. The molecule has 0 aliphatic carbocycles. The fraction of sp³-hybridized carbons (Fsp3) is 0.929. The molecule has 0 amide bonds. The fourth-order valence-electron chi connectivity index (χ4n) is 1.94. The van der Waals surface area contributed by atoms with Crippen LogP contribution in [0.3, 0.4) is 0 Å². The first kappa shape index (κ1) is 16.4. The first-order valence-corrected chi connectivity index (χ1v) is 7.06. The highest BCUT2D eigenvalue weighted by Crippen LogP contribution is 2.12. The van der Waals surface area contributed by atoms with Crippen molar-refractivity contribution in [3.05, 3.63) is 0 Å². The van der Waals surface area contributed by atoms with E-state index in [-0.39, 0.29) is 0 Å². The molecule has 0 heterocycles. The molecule has 1 N–H and O–H groups in total. The molecule has 1 atom stereocenters. The third-order valence-electron chi connectivity index (χ3n) is 2.96. The lowest BCUT2D eigenvalue weighted by molar-refractivity contribution is -0.150. The summed E-state index contributed by atoms with van der Waals surface area (Å²) < 4.78 is 5.16. The molecule has 17 heavy (non-hydrogen) atoms. The summed E-state index contributed by atoms with van der Waals surface area (Å²) in [6, 6.07) is 0.